The molecule has 4 rings (SSSR count). The Morgan fingerprint density at radius 3 is 2.43 bits per heavy atom. The number of nitrogens with one attached hydrogen (secondary N) is 1. The van der Waals surface area contributed by atoms with Crippen molar-refractivity contribution >= 4 is 16.9 Å². The van der Waals surface area contributed by atoms with Crippen LogP contribution < -0.4 is 5.32 Å². The van der Waals surface area contributed by atoms with Gasteiger partial charge in [0.05, 0.1) is 11.7 Å². The van der Waals surface area contributed by atoms with Crippen molar-refractivity contribution in [3.63, 3.8) is 0 Å². The third kappa shape index (κ3) is 3.51. The molecule has 0 spiro atoms. The van der Waals surface area contributed by atoms with Crippen LogP contribution in [0, 0.1) is 6.92 Å². The number of hydrogen-bond donors (Lipinski definition) is 1. The highest BCUT2D eigenvalue weighted by atomic mass is 16.2. The number of aryl methyl sites for hydroxylation is 1. The summed E-state index contributed by atoms with van der Waals surface area (Å²) >= 11 is 0. The maximum absolute atomic E-state index is 12.6. The first-order valence-electron chi connectivity index (χ1n) is 9.35. The molecule has 2 aromatic heterocycles. The van der Waals surface area contributed by atoms with E-state index in [1.807, 2.05) is 68.4 Å². The molecule has 1 N–H and O–H groups in total. The van der Waals surface area contributed by atoms with E-state index in [1.54, 1.807) is 10.9 Å². The normalized spacial score (nSPS) is 12.1. The van der Waals surface area contributed by atoms with E-state index < -0.39 is 0 Å². The molecule has 0 saturated carbocycles. The number of benzene rings is 2. The number of carbonyl (C=O) groups excluding carboxylic acids is 1. The fourth-order valence-corrected chi connectivity index (χ4v) is 3.50. The van der Waals surface area contributed by atoms with Crippen molar-refractivity contribution in [1.82, 2.24) is 20.1 Å². The minimum atomic E-state index is -0.0901. The lowest BCUT2D eigenvalue weighted by Gasteiger charge is -2.14. The van der Waals surface area contributed by atoms with Gasteiger partial charge in [0.2, 0.25) is 5.91 Å². The second kappa shape index (κ2) is 7.64. The number of carbonyl (C=O) groups is 1. The molecular weight excluding hydrogens is 348 g/mol. The topological polar surface area (TPSA) is 59.8 Å². The largest absolute Gasteiger partial charge is 0.348 e. The van der Waals surface area contributed by atoms with Crippen LogP contribution in [0.4, 0.5) is 0 Å². The number of pyridine rings is 1. The maximum atomic E-state index is 12.6. The number of nitrogens with zero attached hydrogens (tertiary/aromatic N) is 3. The highest BCUT2D eigenvalue weighted by Crippen LogP contribution is 2.29. The van der Waals surface area contributed by atoms with Crippen molar-refractivity contribution in [1.29, 1.82) is 0 Å². The molecule has 0 aliphatic carbocycles. The maximum Gasteiger partial charge on any atom is 0.242 e. The quantitative estimate of drug-likeness (QED) is 0.570. The van der Waals surface area contributed by atoms with E-state index in [0.717, 1.165) is 33.4 Å². The minimum Gasteiger partial charge on any atom is -0.348 e. The van der Waals surface area contributed by atoms with Crippen LogP contribution >= 0.6 is 0 Å². The second-order valence-electron chi connectivity index (χ2n) is 6.87. The van der Waals surface area contributed by atoms with E-state index in [-0.39, 0.29) is 18.5 Å². The van der Waals surface area contributed by atoms with E-state index >= 15 is 0 Å². The highest BCUT2D eigenvalue weighted by molar-refractivity contribution is 5.95. The van der Waals surface area contributed by atoms with Gasteiger partial charge in [0.25, 0.3) is 0 Å². The molecule has 2 heterocycles. The van der Waals surface area contributed by atoms with E-state index in [4.69, 9.17) is 0 Å². The Bertz CT molecular complexity index is 1100. The van der Waals surface area contributed by atoms with Gasteiger partial charge in [0.15, 0.2) is 5.65 Å². The Morgan fingerprint density at radius 2 is 1.71 bits per heavy atom. The molecule has 4 aromatic rings. The van der Waals surface area contributed by atoms with Crippen LogP contribution in [0.3, 0.4) is 0 Å². The van der Waals surface area contributed by atoms with Crippen LogP contribution in [-0.2, 0) is 11.3 Å². The summed E-state index contributed by atoms with van der Waals surface area (Å²) in [6.07, 6.45) is 1.77. The molecule has 140 valence electrons. The van der Waals surface area contributed by atoms with Gasteiger partial charge in [-0.15, -0.1) is 0 Å². The first kappa shape index (κ1) is 17.9. The monoisotopic (exact) mass is 370 g/mol. The van der Waals surface area contributed by atoms with E-state index in [1.165, 1.54) is 0 Å². The van der Waals surface area contributed by atoms with Gasteiger partial charge in [-0.1, -0.05) is 60.7 Å². The van der Waals surface area contributed by atoms with Crippen molar-refractivity contribution < 1.29 is 4.79 Å². The van der Waals surface area contributed by atoms with E-state index in [2.05, 4.69) is 27.5 Å². The van der Waals surface area contributed by atoms with Crippen LogP contribution in [-0.4, -0.2) is 20.7 Å². The van der Waals surface area contributed by atoms with Crippen molar-refractivity contribution in [2.24, 2.45) is 0 Å². The average Bonchev–Trinajstić information content (AvgIpc) is 3.04. The first-order chi connectivity index (χ1) is 13.6. The molecule has 0 saturated heterocycles. The molecule has 0 fully saturated rings. The van der Waals surface area contributed by atoms with Crippen molar-refractivity contribution in [3.8, 4) is 11.1 Å². The third-order valence-corrected chi connectivity index (χ3v) is 4.86. The number of hydrogen-bond acceptors (Lipinski definition) is 3. The minimum absolute atomic E-state index is 0.0653. The second-order valence-corrected chi connectivity index (χ2v) is 6.87. The smallest absolute Gasteiger partial charge is 0.242 e. The van der Waals surface area contributed by atoms with Crippen molar-refractivity contribution in [2.75, 3.05) is 0 Å². The van der Waals surface area contributed by atoms with Crippen LogP contribution in [0.5, 0.6) is 0 Å². The summed E-state index contributed by atoms with van der Waals surface area (Å²) in [6, 6.07) is 22.0. The average molecular weight is 370 g/mol. The summed E-state index contributed by atoms with van der Waals surface area (Å²) in [5.41, 5.74) is 4.85. The van der Waals surface area contributed by atoms with Gasteiger partial charge in [-0.05, 0) is 36.6 Å². The van der Waals surface area contributed by atoms with Crippen LogP contribution in [0.15, 0.2) is 72.9 Å². The standard InChI is InChI=1S/C23H22N4O/c1-16(18-9-5-3-6-10-18)25-21(28)15-27-23-22(17(2)26-27)20(13-14-24-23)19-11-7-4-8-12-19/h3-14,16H,15H2,1-2H3,(H,25,28). The zero-order valence-corrected chi connectivity index (χ0v) is 16.0. The van der Waals surface area contributed by atoms with Crippen LogP contribution in [0.25, 0.3) is 22.2 Å². The van der Waals surface area contributed by atoms with Gasteiger partial charge in [-0.2, -0.15) is 5.10 Å². The van der Waals surface area contributed by atoms with Gasteiger partial charge < -0.3 is 5.32 Å². The molecule has 1 unspecified atom stereocenters. The Kier molecular flexibility index (Phi) is 4.89. The molecule has 1 amide bonds. The Hall–Kier alpha value is -3.47. The van der Waals surface area contributed by atoms with Gasteiger partial charge in [0, 0.05) is 11.6 Å². The fraction of sp³-hybridized carbons (Fsp3) is 0.174. The van der Waals surface area contributed by atoms with E-state index in [0.29, 0.717) is 0 Å². The SMILES string of the molecule is Cc1nn(CC(=O)NC(C)c2ccccc2)c2nccc(-c3ccccc3)c12. The summed E-state index contributed by atoms with van der Waals surface area (Å²) in [5, 5.41) is 8.61. The lowest BCUT2D eigenvalue weighted by molar-refractivity contribution is -0.122. The van der Waals surface area contributed by atoms with Gasteiger partial charge in [0.1, 0.15) is 6.54 Å². The predicted molar refractivity (Wildman–Crippen MR) is 111 cm³/mol. The van der Waals surface area contributed by atoms with E-state index in [9.17, 15) is 4.79 Å². The molecule has 1 atom stereocenters. The number of rotatable bonds is 5. The molecule has 0 aliphatic rings. The molecule has 0 bridgehead atoms. The lowest BCUT2D eigenvalue weighted by atomic mass is 10.0. The molecule has 0 aliphatic heterocycles. The van der Waals surface area contributed by atoms with Crippen LogP contribution in [0.1, 0.15) is 24.2 Å². The lowest BCUT2D eigenvalue weighted by Crippen LogP contribution is -2.30. The Balaban J connectivity index is 1.61. The Labute approximate surface area is 164 Å². The summed E-state index contributed by atoms with van der Waals surface area (Å²) in [4.78, 5) is 17.1. The molecular formula is C23H22N4O. The first-order valence-corrected chi connectivity index (χ1v) is 9.35. The van der Waals surface area contributed by atoms with Crippen molar-refractivity contribution in [3.05, 3.63) is 84.2 Å². The van der Waals surface area contributed by atoms with Crippen LogP contribution in [0.2, 0.25) is 0 Å². The summed E-state index contributed by atoms with van der Waals surface area (Å²) < 4.78 is 1.68. The van der Waals surface area contributed by atoms with Crippen molar-refractivity contribution in [2.45, 2.75) is 26.4 Å². The number of aromatic nitrogens is 3. The molecule has 5 heteroatoms. The summed E-state index contributed by atoms with van der Waals surface area (Å²) in [5.74, 6) is -0.0901. The zero-order valence-electron chi connectivity index (χ0n) is 16.0. The molecule has 5 nitrogen and oxygen atoms in total. The molecule has 28 heavy (non-hydrogen) atoms. The number of fused-ring (bicyclic) bond motifs is 1. The number of amides is 1. The van der Waals surface area contributed by atoms with Gasteiger partial charge in [-0.3, -0.25) is 4.79 Å². The van der Waals surface area contributed by atoms with Gasteiger partial charge in [-0.25, -0.2) is 9.67 Å². The summed E-state index contributed by atoms with van der Waals surface area (Å²) in [7, 11) is 0. The predicted octanol–water partition coefficient (Wildman–Crippen LogP) is 4.28. The third-order valence-electron chi connectivity index (χ3n) is 4.86. The van der Waals surface area contributed by atoms with Gasteiger partial charge >= 0.3 is 0 Å². The fourth-order valence-electron chi connectivity index (χ4n) is 3.50. The summed E-state index contributed by atoms with van der Waals surface area (Å²) in [6.45, 7) is 4.07. The molecule has 2 aromatic carbocycles. The zero-order chi connectivity index (χ0) is 19.5. The Morgan fingerprint density at radius 1 is 1.04 bits per heavy atom. The molecule has 0 radical (unpaired) electrons. The highest BCUT2D eigenvalue weighted by Gasteiger charge is 2.17.